The molecule has 1 fully saturated rings. The van der Waals surface area contributed by atoms with Crippen LogP contribution in [0.25, 0.3) is 11.0 Å². The summed E-state index contributed by atoms with van der Waals surface area (Å²) in [6.45, 7) is 4.76. The maximum atomic E-state index is 9.00. The van der Waals surface area contributed by atoms with Crippen LogP contribution in [0.2, 0.25) is 0 Å². The van der Waals surface area contributed by atoms with Gasteiger partial charge >= 0.3 is 0 Å². The molecule has 2 heterocycles. The summed E-state index contributed by atoms with van der Waals surface area (Å²) in [5, 5.41) is 9.00. The number of imidazole rings is 1. The summed E-state index contributed by atoms with van der Waals surface area (Å²) in [5.74, 6) is 1.53. The van der Waals surface area contributed by atoms with E-state index >= 15 is 0 Å². The van der Waals surface area contributed by atoms with Crippen molar-refractivity contribution in [2.75, 3.05) is 18.0 Å². The van der Waals surface area contributed by atoms with Gasteiger partial charge in [-0.3, -0.25) is 0 Å². The van der Waals surface area contributed by atoms with E-state index in [4.69, 9.17) is 16.0 Å². The molecule has 0 saturated carbocycles. The molecule has 0 radical (unpaired) electrons. The van der Waals surface area contributed by atoms with Crippen molar-refractivity contribution in [2.45, 2.75) is 25.9 Å². The number of nitrogens with two attached hydrogens (primary N) is 1. The van der Waals surface area contributed by atoms with Crippen LogP contribution in [0.15, 0.2) is 48.5 Å². The van der Waals surface area contributed by atoms with Crippen molar-refractivity contribution >= 4 is 17.0 Å². The number of benzene rings is 2. The summed E-state index contributed by atoms with van der Waals surface area (Å²) in [6.07, 6.45) is 1.08. The fourth-order valence-corrected chi connectivity index (χ4v) is 3.61. The number of hydrogen-bond acceptors (Lipinski definition) is 4. The SMILES string of the molecule is C[C@@H]1CCN(c2nc3ccccc3n2Cc2ccc(C#N)cc2)C[C@H]1N. The minimum Gasteiger partial charge on any atom is -0.341 e. The molecule has 1 aliphatic rings. The highest BCUT2D eigenvalue weighted by atomic mass is 15.3. The van der Waals surface area contributed by atoms with Crippen molar-refractivity contribution in [1.82, 2.24) is 9.55 Å². The van der Waals surface area contributed by atoms with E-state index in [0.717, 1.165) is 48.6 Å². The maximum Gasteiger partial charge on any atom is 0.206 e. The first kappa shape index (κ1) is 16.6. The van der Waals surface area contributed by atoms with Gasteiger partial charge < -0.3 is 15.2 Å². The van der Waals surface area contributed by atoms with Crippen molar-refractivity contribution in [3.05, 3.63) is 59.7 Å². The molecule has 132 valence electrons. The summed E-state index contributed by atoms with van der Waals surface area (Å²) in [5.41, 5.74) is 10.3. The number of rotatable bonds is 3. The van der Waals surface area contributed by atoms with E-state index < -0.39 is 0 Å². The molecule has 1 saturated heterocycles. The minimum atomic E-state index is 0.173. The van der Waals surface area contributed by atoms with Crippen molar-refractivity contribution in [3.8, 4) is 6.07 Å². The molecular formula is C21H23N5. The van der Waals surface area contributed by atoms with Crippen LogP contribution >= 0.6 is 0 Å². The Labute approximate surface area is 153 Å². The fraction of sp³-hybridized carbons (Fsp3) is 0.333. The first-order valence-corrected chi connectivity index (χ1v) is 9.10. The molecule has 4 rings (SSSR count). The van der Waals surface area contributed by atoms with Gasteiger partial charge in [-0.25, -0.2) is 4.98 Å². The first-order chi connectivity index (χ1) is 12.7. The zero-order valence-electron chi connectivity index (χ0n) is 15.0. The van der Waals surface area contributed by atoms with E-state index in [-0.39, 0.29) is 6.04 Å². The molecule has 1 aliphatic heterocycles. The van der Waals surface area contributed by atoms with E-state index in [1.54, 1.807) is 0 Å². The molecule has 3 aromatic rings. The van der Waals surface area contributed by atoms with Crippen LogP contribution < -0.4 is 10.6 Å². The third-order valence-corrected chi connectivity index (χ3v) is 5.36. The largest absolute Gasteiger partial charge is 0.341 e. The Morgan fingerprint density at radius 1 is 1.19 bits per heavy atom. The second-order valence-electron chi connectivity index (χ2n) is 7.17. The number of piperidine rings is 1. The molecule has 0 unspecified atom stereocenters. The molecule has 2 aromatic carbocycles. The van der Waals surface area contributed by atoms with E-state index in [1.807, 2.05) is 36.4 Å². The average Bonchev–Trinajstić information content (AvgIpc) is 3.03. The van der Waals surface area contributed by atoms with Crippen LogP contribution in [0.5, 0.6) is 0 Å². The Morgan fingerprint density at radius 3 is 2.69 bits per heavy atom. The lowest BCUT2D eigenvalue weighted by Crippen LogP contribution is -2.48. The number of nitrogens with zero attached hydrogens (tertiary/aromatic N) is 4. The van der Waals surface area contributed by atoms with E-state index in [1.165, 1.54) is 0 Å². The third-order valence-electron chi connectivity index (χ3n) is 5.36. The minimum absolute atomic E-state index is 0.173. The number of nitriles is 1. The number of hydrogen-bond donors (Lipinski definition) is 1. The van der Waals surface area contributed by atoms with Crippen LogP contribution in [0.3, 0.4) is 0 Å². The molecule has 0 bridgehead atoms. The highest BCUT2D eigenvalue weighted by molar-refractivity contribution is 5.79. The summed E-state index contributed by atoms with van der Waals surface area (Å²) in [7, 11) is 0. The van der Waals surface area contributed by atoms with Gasteiger partial charge in [-0.15, -0.1) is 0 Å². The second-order valence-corrected chi connectivity index (χ2v) is 7.17. The van der Waals surface area contributed by atoms with Gasteiger partial charge in [0.05, 0.1) is 29.2 Å². The maximum absolute atomic E-state index is 9.00. The van der Waals surface area contributed by atoms with Crippen molar-refractivity contribution in [3.63, 3.8) is 0 Å². The molecule has 26 heavy (non-hydrogen) atoms. The predicted octanol–water partition coefficient (Wildman–Crippen LogP) is 3.13. The second kappa shape index (κ2) is 6.81. The highest BCUT2D eigenvalue weighted by Crippen LogP contribution is 2.27. The van der Waals surface area contributed by atoms with Gasteiger partial charge in [0.15, 0.2) is 0 Å². The van der Waals surface area contributed by atoms with Crippen molar-refractivity contribution in [1.29, 1.82) is 5.26 Å². The Morgan fingerprint density at radius 2 is 1.96 bits per heavy atom. The van der Waals surface area contributed by atoms with Gasteiger partial charge in [-0.2, -0.15) is 5.26 Å². The van der Waals surface area contributed by atoms with Crippen LogP contribution in [0.1, 0.15) is 24.5 Å². The fourth-order valence-electron chi connectivity index (χ4n) is 3.61. The van der Waals surface area contributed by atoms with Crippen LogP contribution in [0.4, 0.5) is 5.95 Å². The van der Waals surface area contributed by atoms with E-state index in [9.17, 15) is 0 Å². The zero-order valence-corrected chi connectivity index (χ0v) is 15.0. The number of anilines is 1. The topological polar surface area (TPSA) is 70.9 Å². The number of aromatic nitrogens is 2. The molecule has 0 aliphatic carbocycles. The predicted molar refractivity (Wildman–Crippen MR) is 104 cm³/mol. The summed E-state index contributed by atoms with van der Waals surface area (Å²) < 4.78 is 2.26. The summed E-state index contributed by atoms with van der Waals surface area (Å²) >= 11 is 0. The van der Waals surface area contributed by atoms with E-state index in [2.05, 4.69) is 34.6 Å². The number of fused-ring (bicyclic) bond motifs is 1. The Kier molecular flexibility index (Phi) is 4.36. The van der Waals surface area contributed by atoms with Crippen LogP contribution in [0, 0.1) is 17.2 Å². The lowest BCUT2D eigenvalue weighted by molar-refractivity contribution is 0.375. The summed E-state index contributed by atoms with van der Waals surface area (Å²) in [6, 6.07) is 18.4. The lowest BCUT2D eigenvalue weighted by atomic mass is 9.94. The Balaban J connectivity index is 1.73. The third kappa shape index (κ3) is 3.04. The molecule has 2 atom stereocenters. The zero-order chi connectivity index (χ0) is 18.1. The molecule has 2 N–H and O–H groups in total. The van der Waals surface area contributed by atoms with Gasteiger partial charge in [0.25, 0.3) is 0 Å². The quantitative estimate of drug-likeness (QED) is 0.792. The average molecular weight is 345 g/mol. The van der Waals surface area contributed by atoms with E-state index in [0.29, 0.717) is 11.5 Å². The monoisotopic (exact) mass is 345 g/mol. The molecule has 1 aromatic heterocycles. The molecule has 5 nitrogen and oxygen atoms in total. The van der Waals surface area contributed by atoms with Gasteiger partial charge in [0, 0.05) is 19.1 Å². The van der Waals surface area contributed by atoms with Gasteiger partial charge in [0.1, 0.15) is 0 Å². The first-order valence-electron chi connectivity index (χ1n) is 9.10. The smallest absolute Gasteiger partial charge is 0.206 e. The Bertz CT molecular complexity index is 951. The standard InChI is InChI=1S/C21H23N5/c1-15-10-11-25(14-18(15)23)21-24-19-4-2-3-5-20(19)26(21)13-17-8-6-16(12-22)7-9-17/h2-9,15,18H,10-11,13-14,23H2,1H3/t15-,18-/m1/s1. The molecule has 5 heteroatoms. The van der Waals surface area contributed by atoms with Crippen molar-refractivity contribution in [2.24, 2.45) is 11.7 Å². The highest BCUT2D eigenvalue weighted by Gasteiger charge is 2.26. The van der Waals surface area contributed by atoms with Crippen molar-refractivity contribution < 1.29 is 0 Å². The van der Waals surface area contributed by atoms with Gasteiger partial charge in [-0.05, 0) is 42.2 Å². The number of para-hydroxylation sites is 2. The van der Waals surface area contributed by atoms with Crippen LogP contribution in [-0.4, -0.2) is 28.7 Å². The summed E-state index contributed by atoms with van der Waals surface area (Å²) in [4.78, 5) is 7.22. The van der Waals surface area contributed by atoms with Gasteiger partial charge in [-0.1, -0.05) is 31.2 Å². The Hall–Kier alpha value is -2.84. The molecule has 0 spiro atoms. The molecule has 0 amide bonds. The van der Waals surface area contributed by atoms with Gasteiger partial charge in [0.2, 0.25) is 5.95 Å². The molecular weight excluding hydrogens is 322 g/mol. The normalized spacial score (nSPS) is 20.3. The van der Waals surface area contributed by atoms with Crippen LogP contribution in [-0.2, 0) is 6.54 Å². The lowest BCUT2D eigenvalue weighted by Gasteiger charge is -2.36.